The molecular formula is C15H14FN3O4. The standard InChI is InChI=1S/C15H14FN3O4/c16-10-6-19(15(23)18-14(10)22)7-12(21)17-13-9-4-2-1-3-8(9)5-11(13)20/h1-4,6,11,13,20H,5,7H2,(H,17,21)(H,18,22,23)/t11-,13-/m0/s1. The number of benzene rings is 1. The Bertz CT molecular complexity index is 874. The molecule has 0 saturated carbocycles. The van der Waals surface area contributed by atoms with E-state index in [4.69, 9.17) is 0 Å². The van der Waals surface area contributed by atoms with E-state index in [0.717, 1.165) is 15.7 Å². The van der Waals surface area contributed by atoms with Crippen LogP contribution in [0.4, 0.5) is 4.39 Å². The molecule has 0 fully saturated rings. The molecule has 120 valence electrons. The van der Waals surface area contributed by atoms with Crippen molar-refractivity contribution in [3.63, 3.8) is 0 Å². The van der Waals surface area contributed by atoms with Gasteiger partial charge in [0.05, 0.1) is 18.3 Å². The molecule has 0 unspecified atom stereocenters. The van der Waals surface area contributed by atoms with Crippen LogP contribution in [0.5, 0.6) is 0 Å². The van der Waals surface area contributed by atoms with Gasteiger partial charge >= 0.3 is 5.69 Å². The number of aromatic nitrogens is 2. The number of carbonyl (C=O) groups excluding carboxylic acids is 1. The van der Waals surface area contributed by atoms with Crippen LogP contribution in [-0.2, 0) is 17.8 Å². The Kier molecular flexibility index (Phi) is 3.83. The molecule has 1 heterocycles. The number of carbonyl (C=O) groups is 1. The van der Waals surface area contributed by atoms with Crippen LogP contribution in [0.15, 0.2) is 40.1 Å². The first-order valence-electron chi connectivity index (χ1n) is 7.00. The van der Waals surface area contributed by atoms with Crippen molar-refractivity contribution in [1.82, 2.24) is 14.9 Å². The lowest BCUT2D eigenvalue weighted by Crippen LogP contribution is -2.39. The molecular weight excluding hydrogens is 305 g/mol. The summed E-state index contributed by atoms with van der Waals surface area (Å²) in [7, 11) is 0. The molecule has 1 aliphatic carbocycles. The number of amides is 1. The number of halogens is 1. The number of fused-ring (bicyclic) bond motifs is 1. The fourth-order valence-electron chi connectivity index (χ4n) is 2.72. The van der Waals surface area contributed by atoms with Crippen LogP contribution in [-0.4, -0.2) is 26.7 Å². The lowest BCUT2D eigenvalue weighted by molar-refractivity contribution is -0.123. The molecule has 23 heavy (non-hydrogen) atoms. The van der Waals surface area contributed by atoms with Crippen LogP contribution in [0.25, 0.3) is 0 Å². The van der Waals surface area contributed by atoms with Gasteiger partial charge in [-0.25, -0.2) is 4.79 Å². The number of hydrogen-bond acceptors (Lipinski definition) is 4. The van der Waals surface area contributed by atoms with Gasteiger partial charge in [0, 0.05) is 6.42 Å². The Morgan fingerprint density at radius 1 is 1.39 bits per heavy atom. The number of aliphatic hydroxyl groups excluding tert-OH is 1. The average molecular weight is 319 g/mol. The van der Waals surface area contributed by atoms with E-state index in [-0.39, 0.29) is 0 Å². The third kappa shape index (κ3) is 2.93. The maximum atomic E-state index is 13.2. The largest absolute Gasteiger partial charge is 0.390 e. The summed E-state index contributed by atoms with van der Waals surface area (Å²) in [5, 5.41) is 12.7. The zero-order chi connectivity index (χ0) is 16.6. The summed E-state index contributed by atoms with van der Waals surface area (Å²) in [6.07, 6.45) is 0.342. The van der Waals surface area contributed by atoms with Gasteiger partial charge in [-0.05, 0) is 11.1 Å². The second kappa shape index (κ2) is 5.81. The van der Waals surface area contributed by atoms with Crippen molar-refractivity contribution in [2.75, 3.05) is 0 Å². The summed E-state index contributed by atoms with van der Waals surface area (Å²) in [6, 6.07) is 6.74. The van der Waals surface area contributed by atoms with Crippen LogP contribution < -0.4 is 16.6 Å². The second-order valence-electron chi connectivity index (χ2n) is 5.38. The molecule has 0 aliphatic heterocycles. The van der Waals surface area contributed by atoms with Crippen LogP contribution >= 0.6 is 0 Å². The fourth-order valence-corrected chi connectivity index (χ4v) is 2.72. The lowest BCUT2D eigenvalue weighted by atomic mass is 10.1. The summed E-state index contributed by atoms with van der Waals surface area (Å²) in [4.78, 5) is 36.4. The molecule has 1 aliphatic rings. The Morgan fingerprint density at radius 3 is 2.91 bits per heavy atom. The molecule has 0 radical (unpaired) electrons. The topological polar surface area (TPSA) is 104 Å². The predicted molar refractivity (Wildman–Crippen MR) is 78.3 cm³/mol. The third-order valence-corrected chi connectivity index (χ3v) is 3.80. The Morgan fingerprint density at radius 2 is 2.13 bits per heavy atom. The Labute approximate surface area is 129 Å². The zero-order valence-corrected chi connectivity index (χ0v) is 12.0. The Balaban J connectivity index is 1.77. The summed E-state index contributed by atoms with van der Waals surface area (Å²) in [6.45, 7) is -0.460. The molecule has 1 aromatic carbocycles. The molecule has 0 spiro atoms. The lowest BCUT2D eigenvalue weighted by Gasteiger charge is -2.18. The highest BCUT2D eigenvalue weighted by Crippen LogP contribution is 2.31. The number of nitrogens with zero attached hydrogens (tertiary/aromatic N) is 1. The minimum absolute atomic E-state index is 0.425. The van der Waals surface area contributed by atoms with Crippen molar-refractivity contribution in [3.8, 4) is 0 Å². The molecule has 1 aromatic heterocycles. The van der Waals surface area contributed by atoms with Crippen LogP contribution in [0.2, 0.25) is 0 Å². The highest BCUT2D eigenvalue weighted by Gasteiger charge is 2.31. The van der Waals surface area contributed by atoms with Gasteiger partial charge in [0.1, 0.15) is 6.54 Å². The minimum atomic E-state index is -1.15. The molecule has 2 atom stereocenters. The molecule has 7 nitrogen and oxygen atoms in total. The van der Waals surface area contributed by atoms with Crippen molar-refractivity contribution in [2.24, 2.45) is 0 Å². The first-order valence-corrected chi connectivity index (χ1v) is 7.00. The number of aromatic amines is 1. The zero-order valence-electron chi connectivity index (χ0n) is 12.0. The average Bonchev–Trinajstić information content (AvgIpc) is 2.81. The maximum absolute atomic E-state index is 13.2. The monoisotopic (exact) mass is 319 g/mol. The number of H-pyrrole nitrogens is 1. The van der Waals surface area contributed by atoms with E-state index in [9.17, 15) is 23.9 Å². The number of rotatable bonds is 3. The minimum Gasteiger partial charge on any atom is -0.390 e. The van der Waals surface area contributed by atoms with Gasteiger partial charge in [-0.3, -0.25) is 19.1 Å². The van der Waals surface area contributed by atoms with Crippen LogP contribution in [0, 0.1) is 5.82 Å². The van der Waals surface area contributed by atoms with Gasteiger partial charge in [-0.15, -0.1) is 0 Å². The van der Waals surface area contributed by atoms with Crippen molar-refractivity contribution in [3.05, 3.63) is 68.2 Å². The summed E-state index contributed by atoms with van der Waals surface area (Å²) in [5.41, 5.74) is -0.253. The predicted octanol–water partition coefficient (Wildman–Crippen LogP) is -0.550. The van der Waals surface area contributed by atoms with E-state index in [1.54, 1.807) is 11.1 Å². The smallest absolute Gasteiger partial charge is 0.328 e. The number of hydrogen-bond donors (Lipinski definition) is 3. The van der Waals surface area contributed by atoms with E-state index in [1.807, 2.05) is 18.2 Å². The third-order valence-electron chi connectivity index (χ3n) is 3.80. The highest BCUT2D eigenvalue weighted by molar-refractivity contribution is 5.76. The number of aliphatic hydroxyl groups is 1. The van der Waals surface area contributed by atoms with Crippen molar-refractivity contribution in [2.45, 2.75) is 25.1 Å². The van der Waals surface area contributed by atoms with E-state index in [1.165, 1.54) is 0 Å². The number of nitrogens with one attached hydrogen (secondary N) is 2. The second-order valence-corrected chi connectivity index (χ2v) is 5.38. The van der Waals surface area contributed by atoms with Crippen molar-refractivity contribution < 1.29 is 14.3 Å². The Hall–Kier alpha value is -2.74. The van der Waals surface area contributed by atoms with E-state index < -0.39 is 41.7 Å². The summed E-state index contributed by atoms with van der Waals surface area (Å²) < 4.78 is 14.0. The maximum Gasteiger partial charge on any atom is 0.328 e. The highest BCUT2D eigenvalue weighted by atomic mass is 19.1. The molecule has 1 amide bonds. The molecule has 0 saturated heterocycles. The van der Waals surface area contributed by atoms with Gasteiger partial charge in [0.25, 0.3) is 5.56 Å². The van der Waals surface area contributed by atoms with E-state index in [2.05, 4.69) is 5.32 Å². The fraction of sp³-hybridized carbons (Fsp3) is 0.267. The molecule has 8 heteroatoms. The van der Waals surface area contributed by atoms with Gasteiger partial charge in [0.15, 0.2) is 0 Å². The van der Waals surface area contributed by atoms with Crippen molar-refractivity contribution >= 4 is 5.91 Å². The normalized spacial score (nSPS) is 19.4. The van der Waals surface area contributed by atoms with Gasteiger partial charge in [-0.1, -0.05) is 24.3 Å². The quantitative estimate of drug-likeness (QED) is 0.706. The molecule has 3 N–H and O–H groups in total. The SMILES string of the molecule is O=C(Cn1cc(F)c(=O)[nH]c1=O)N[C@H]1c2ccccc2C[C@@H]1O. The van der Waals surface area contributed by atoms with Gasteiger partial charge < -0.3 is 10.4 Å². The molecule has 0 bridgehead atoms. The molecule has 3 rings (SSSR count). The summed E-state index contributed by atoms with van der Waals surface area (Å²) in [5.74, 6) is -1.72. The van der Waals surface area contributed by atoms with Gasteiger partial charge in [0.2, 0.25) is 11.7 Å². The first-order chi connectivity index (χ1) is 11.0. The summed E-state index contributed by atoms with van der Waals surface area (Å²) >= 11 is 0. The van der Waals surface area contributed by atoms with Gasteiger partial charge in [-0.2, -0.15) is 4.39 Å². The van der Waals surface area contributed by atoms with Crippen LogP contribution in [0.3, 0.4) is 0 Å². The van der Waals surface area contributed by atoms with E-state index in [0.29, 0.717) is 12.6 Å². The van der Waals surface area contributed by atoms with Crippen LogP contribution in [0.1, 0.15) is 17.2 Å². The molecule has 2 aromatic rings. The first kappa shape index (κ1) is 15.2. The van der Waals surface area contributed by atoms with Crippen molar-refractivity contribution in [1.29, 1.82) is 0 Å². The van der Waals surface area contributed by atoms with E-state index >= 15 is 0 Å².